The van der Waals surface area contributed by atoms with E-state index in [0.29, 0.717) is 18.6 Å². The summed E-state index contributed by atoms with van der Waals surface area (Å²) < 4.78 is 0. The Morgan fingerprint density at radius 3 is 2.73 bits per heavy atom. The number of thioether (sulfide) groups is 1. The van der Waals surface area contributed by atoms with Gasteiger partial charge in [0.1, 0.15) is 23.0 Å². The van der Waals surface area contributed by atoms with Crippen LogP contribution in [0.5, 0.6) is 0 Å². The summed E-state index contributed by atoms with van der Waals surface area (Å²) in [5, 5.41) is 0.969. The lowest BCUT2D eigenvalue weighted by atomic mass is 10.1. The van der Waals surface area contributed by atoms with Crippen LogP contribution >= 0.6 is 11.8 Å². The van der Waals surface area contributed by atoms with E-state index in [1.807, 2.05) is 12.3 Å². The van der Waals surface area contributed by atoms with Gasteiger partial charge < -0.3 is 4.90 Å². The third kappa shape index (κ3) is 2.47. The van der Waals surface area contributed by atoms with Gasteiger partial charge in [-0.1, -0.05) is 0 Å². The summed E-state index contributed by atoms with van der Waals surface area (Å²) in [6.07, 6.45) is 4.85. The van der Waals surface area contributed by atoms with Gasteiger partial charge in [-0.3, -0.25) is 4.79 Å². The zero-order valence-corrected chi connectivity index (χ0v) is 9.46. The minimum Gasteiger partial charge on any atom is -0.356 e. The molecule has 1 aliphatic rings. The molecule has 2 heterocycles. The molecule has 0 spiro atoms. The fraction of sp³-hybridized carbons (Fsp3) is 0.500. The van der Waals surface area contributed by atoms with E-state index in [0.717, 1.165) is 23.9 Å². The summed E-state index contributed by atoms with van der Waals surface area (Å²) in [5.74, 6) is 1.28. The minimum atomic E-state index is 0.352. The fourth-order valence-corrected chi connectivity index (χ4v) is 1.98. The molecule has 0 N–H and O–H groups in total. The second-order valence-corrected chi connectivity index (χ2v) is 4.27. The lowest BCUT2D eigenvalue weighted by molar-refractivity contribution is -0.119. The van der Waals surface area contributed by atoms with E-state index in [9.17, 15) is 4.79 Å². The van der Waals surface area contributed by atoms with Crippen LogP contribution in [0.15, 0.2) is 17.4 Å². The Balaban J connectivity index is 2.11. The molecule has 0 radical (unpaired) electrons. The van der Waals surface area contributed by atoms with Gasteiger partial charge in [0.2, 0.25) is 0 Å². The normalized spacial score (nSPS) is 16.9. The molecule has 0 unspecified atom stereocenters. The van der Waals surface area contributed by atoms with Crippen molar-refractivity contribution >= 4 is 23.4 Å². The minimum absolute atomic E-state index is 0.352. The maximum absolute atomic E-state index is 11.1. The Labute approximate surface area is 93.1 Å². The number of nitrogens with zero attached hydrogens (tertiary/aromatic N) is 3. The molecule has 1 saturated heterocycles. The highest BCUT2D eigenvalue weighted by atomic mass is 32.2. The monoisotopic (exact) mass is 223 g/mol. The van der Waals surface area contributed by atoms with E-state index in [1.165, 1.54) is 0 Å². The van der Waals surface area contributed by atoms with Gasteiger partial charge >= 0.3 is 0 Å². The van der Waals surface area contributed by atoms with E-state index in [-0.39, 0.29) is 0 Å². The molecule has 0 bridgehead atoms. The second kappa shape index (κ2) is 4.61. The second-order valence-electron chi connectivity index (χ2n) is 3.44. The van der Waals surface area contributed by atoms with Crippen LogP contribution in [0.1, 0.15) is 12.8 Å². The highest BCUT2D eigenvalue weighted by Gasteiger charge is 2.17. The maximum atomic E-state index is 11.1. The lowest BCUT2D eigenvalue weighted by Gasteiger charge is -2.26. The summed E-state index contributed by atoms with van der Waals surface area (Å²) in [6.45, 7) is 1.56. The van der Waals surface area contributed by atoms with Crippen LogP contribution in [-0.2, 0) is 4.79 Å². The molecule has 0 atom stereocenters. The summed E-state index contributed by atoms with van der Waals surface area (Å²) >= 11 is 1.60. The molecule has 0 aliphatic carbocycles. The predicted octanol–water partition coefficient (Wildman–Crippen LogP) is 1.37. The predicted molar refractivity (Wildman–Crippen MR) is 60.3 cm³/mol. The van der Waals surface area contributed by atoms with Gasteiger partial charge in [-0.05, 0) is 6.26 Å². The molecule has 15 heavy (non-hydrogen) atoms. The number of carbonyl (C=O) groups is 1. The van der Waals surface area contributed by atoms with Crippen molar-refractivity contribution in [3.8, 4) is 0 Å². The summed E-state index contributed by atoms with van der Waals surface area (Å²) in [4.78, 5) is 21.6. The topological polar surface area (TPSA) is 46.1 Å². The third-order valence-electron chi connectivity index (χ3n) is 2.48. The van der Waals surface area contributed by atoms with Gasteiger partial charge in [-0.25, -0.2) is 9.97 Å². The van der Waals surface area contributed by atoms with Crippen molar-refractivity contribution in [2.75, 3.05) is 24.2 Å². The van der Waals surface area contributed by atoms with E-state index < -0.39 is 0 Å². The van der Waals surface area contributed by atoms with Crippen molar-refractivity contribution < 1.29 is 4.79 Å². The number of hydrogen-bond donors (Lipinski definition) is 0. The number of aromatic nitrogens is 2. The molecule has 2 rings (SSSR count). The van der Waals surface area contributed by atoms with Crippen molar-refractivity contribution in [2.45, 2.75) is 17.9 Å². The van der Waals surface area contributed by atoms with Crippen LogP contribution in [0.25, 0.3) is 0 Å². The first-order valence-corrected chi connectivity index (χ1v) is 6.15. The SMILES string of the molecule is CSc1cc(N2CCC(=O)CC2)ncn1. The number of hydrogen-bond acceptors (Lipinski definition) is 5. The summed E-state index contributed by atoms with van der Waals surface area (Å²) in [7, 11) is 0. The first-order chi connectivity index (χ1) is 7.29. The molecular formula is C10H13N3OS. The van der Waals surface area contributed by atoms with E-state index in [1.54, 1.807) is 18.1 Å². The summed E-state index contributed by atoms with van der Waals surface area (Å²) in [6, 6.07) is 1.97. The molecule has 1 aromatic rings. The number of carbonyl (C=O) groups excluding carboxylic acids is 1. The van der Waals surface area contributed by atoms with Crippen LogP contribution < -0.4 is 4.90 Å². The van der Waals surface area contributed by atoms with Crippen LogP contribution in [0, 0.1) is 0 Å². The number of anilines is 1. The molecule has 80 valence electrons. The van der Waals surface area contributed by atoms with E-state index >= 15 is 0 Å². The molecule has 1 fully saturated rings. The average molecular weight is 223 g/mol. The molecule has 0 saturated carbocycles. The van der Waals surface area contributed by atoms with Crippen LogP contribution in [0.3, 0.4) is 0 Å². The molecule has 4 nitrogen and oxygen atoms in total. The quantitative estimate of drug-likeness (QED) is 0.559. The Morgan fingerprint density at radius 1 is 1.33 bits per heavy atom. The zero-order chi connectivity index (χ0) is 10.7. The van der Waals surface area contributed by atoms with Gasteiger partial charge in [0.15, 0.2) is 0 Å². The van der Waals surface area contributed by atoms with Gasteiger partial charge in [0.05, 0.1) is 0 Å². The van der Waals surface area contributed by atoms with Crippen LogP contribution in [-0.4, -0.2) is 35.1 Å². The third-order valence-corrected chi connectivity index (χ3v) is 3.12. The van der Waals surface area contributed by atoms with E-state index in [2.05, 4.69) is 14.9 Å². The Hall–Kier alpha value is -1.10. The van der Waals surface area contributed by atoms with Crippen molar-refractivity contribution in [3.63, 3.8) is 0 Å². The van der Waals surface area contributed by atoms with Gasteiger partial charge in [0.25, 0.3) is 0 Å². The largest absolute Gasteiger partial charge is 0.356 e. The standard InChI is InChI=1S/C10H13N3OS/c1-15-10-6-9(11-7-12-10)13-4-2-8(14)3-5-13/h6-7H,2-5H2,1H3. The van der Waals surface area contributed by atoms with Gasteiger partial charge in [-0.15, -0.1) is 11.8 Å². The molecular weight excluding hydrogens is 210 g/mol. The zero-order valence-electron chi connectivity index (χ0n) is 8.64. The smallest absolute Gasteiger partial charge is 0.136 e. The molecule has 1 aromatic heterocycles. The lowest BCUT2D eigenvalue weighted by Crippen LogP contribution is -2.34. The Bertz CT molecular complexity index is 359. The van der Waals surface area contributed by atoms with Crippen molar-refractivity contribution in [1.29, 1.82) is 0 Å². The Kier molecular flexibility index (Phi) is 3.20. The van der Waals surface area contributed by atoms with Gasteiger partial charge in [0, 0.05) is 32.0 Å². The van der Waals surface area contributed by atoms with Gasteiger partial charge in [-0.2, -0.15) is 0 Å². The number of rotatable bonds is 2. The van der Waals surface area contributed by atoms with Crippen molar-refractivity contribution in [1.82, 2.24) is 9.97 Å². The molecule has 0 aromatic carbocycles. The van der Waals surface area contributed by atoms with Crippen LogP contribution in [0.4, 0.5) is 5.82 Å². The highest BCUT2D eigenvalue weighted by Crippen LogP contribution is 2.19. The first kappa shape index (κ1) is 10.4. The first-order valence-electron chi connectivity index (χ1n) is 4.92. The van der Waals surface area contributed by atoms with Crippen LogP contribution in [0.2, 0.25) is 0 Å². The Morgan fingerprint density at radius 2 is 2.07 bits per heavy atom. The number of Topliss-reactive ketones (excluding diaryl/α,β-unsaturated/α-hetero) is 1. The van der Waals surface area contributed by atoms with Crippen molar-refractivity contribution in [3.05, 3.63) is 12.4 Å². The molecule has 5 heteroatoms. The van der Waals surface area contributed by atoms with Crippen molar-refractivity contribution in [2.24, 2.45) is 0 Å². The summed E-state index contributed by atoms with van der Waals surface area (Å²) in [5.41, 5.74) is 0. The molecule has 1 aliphatic heterocycles. The number of piperidine rings is 1. The maximum Gasteiger partial charge on any atom is 0.136 e. The van der Waals surface area contributed by atoms with E-state index in [4.69, 9.17) is 0 Å². The average Bonchev–Trinajstić information content (AvgIpc) is 2.30. The fourth-order valence-electron chi connectivity index (χ4n) is 1.60. The molecule has 0 amide bonds. The number of ketones is 1. The highest BCUT2D eigenvalue weighted by molar-refractivity contribution is 7.98.